The lowest BCUT2D eigenvalue weighted by Crippen LogP contribution is -2.26. The van der Waals surface area contributed by atoms with Crippen molar-refractivity contribution < 1.29 is 27.6 Å². The standard InChI is InChI=1S/C17H15F3N4O4/c1-16(2,3)28-15(25)22-7-10-4-5-12(6-11(10)8-22)23-9-13(24(26)27)14(21-23)17(18,19)20/h4-9H,1-3H3. The molecule has 28 heavy (non-hydrogen) atoms. The molecule has 0 atom stereocenters. The normalized spacial score (nSPS) is 12.4. The fourth-order valence-electron chi connectivity index (χ4n) is 2.52. The maximum absolute atomic E-state index is 13.0. The lowest BCUT2D eigenvalue weighted by molar-refractivity contribution is -0.388. The summed E-state index contributed by atoms with van der Waals surface area (Å²) in [6.45, 7) is 5.15. The zero-order valence-electron chi connectivity index (χ0n) is 15.0. The summed E-state index contributed by atoms with van der Waals surface area (Å²) >= 11 is 0. The second kappa shape index (κ2) is 6.36. The molecule has 2 aromatic heterocycles. The van der Waals surface area contributed by atoms with Gasteiger partial charge < -0.3 is 4.74 Å². The fraction of sp³-hybridized carbons (Fsp3) is 0.294. The summed E-state index contributed by atoms with van der Waals surface area (Å²) in [7, 11) is 0. The van der Waals surface area contributed by atoms with Crippen molar-refractivity contribution in [1.29, 1.82) is 0 Å². The molecule has 3 aromatic rings. The van der Waals surface area contributed by atoms with Gasteiger partial charge in [0.1, 0.15) is 11.8 Å². The van der Waals surface area contributed by atoms with Gasteiger partial charge in [-0.05, 0) is 32.9 Å². The van der Waals surface area contributed by atoms with Crippen LogP contribution in [0.5, 0.6) is 0 Å². The third-order valence-electron chi connectivity index (χ3n) is 3.66. The number of rotatable bonds is 2. The largest absolute Gasteiger partial charge is 0.443 e. The summed E-state index contributed by atoms with van der Waals surface area (Å²) in [5.41, 5.74) is -3.24. The molecule has 0 spiro atoms. The van der Waals surface area contributed by atoms with E-state index in [2.05, 4.69) is 5.10 Å². The molecule has 0 amide bonds. The molecule has 0 saturated heterocycles. The number of benzene rings is 1. The fourth-order valence-corrected chi connectivity index (χ4v) is 2.52. The van der Waals surface area contributed by atoms with Crippen LogP contribution in [0.3, 0.4) is 0 Å². The van der Waals surface area contributed by atoms with Crippen LogP contribution in [-0.4, -0.2) is 31.0 Å². The molecule has 1 aromatic carbocycles. The Morgan fingerprint density at radius 1 is 1.14 bits per heavy atom. The molecule has 0 aliphatic rings. The van der Waals surface area contributed by atoms with E-state index in [9.17, 15) is 28.1 Å². The predicted octanol–water partition coefficient (Wildman–Crippen LogP) is 4.54. The van der Waals surface area contributed by atoms with Gasteiger partial charge in [-0.15, -0.1) is 0 Å². The van der Waals surface area contributed by atoms with Gasteiger partial charge in [-0.25, -0.2) is 9.48 Å². The van der Waals surface area contributed by atoms with Crippen molar-refractivity contribution in [2.45, 2.75) is 32.5 Å². The molecule has 3 rings (SSSR count). The SMILES string of the molecule is CC(C)(C)OC(=O)n1cc2ccc(-n3cc([N+](=O)[O-])c(C(F)(F)F)n3)cc2c1. The number of ether oxygens (including phenoxy) is 1. The first-order valence-corrected chi connectivity index (χ1v) is 8.02. The first kappa shape index (κ1) is 19.4. The first-order valence-electron chi connectivity index (χ1n) is 8.02. The number of aromatic nitrogens is 3. The van der Waals surface area contributed by atoms with Crippen LogP contribution >= 0.6 is 0 Å². The molecule has 0 radical (unpaired) electrons. The van der Waals surface area contributed by atoms with Gasteiger partial charge in [0.05, 0.1) is 10.6 Å². The van der Waals surface area contributed by atoms with E-state index in [0.29, 0.717) is 17.0 Å². The van der Waals surface area contributed by atoms with Crippen LogP contribution < -0.4 is 0 Å². The number of hydrogen-bond donors (Lipinski definition) is 0. The Labute approximate surface area is 156 Å². The number of alkyl halides is 3. The van der Waals surface area contributed by atoms with E-state index >= 15 is 0 Å². The highest BCUT2D eigenvalue weighted by Gasteiger charge is 2.42. The number of fused-ring (bicyclic) bond motifs is 1. The Morgan fingerprint density at radius 2 is 1.79 bits per heavy atom. The van der Waals surface area contributed by atoms with Gasteiger partial charge in [0.25, 0.3) is 0 Å². The third kappa shape index (κ3) is 3.82. The number of hydrogen-bond acceptors (Lipinski definition) is 5. The number of halogens is 3. The minimum Gasteiger partial charge on any atom is -0.443 e. The summed E-state index contributed by atoms with van der Waals surface area (Å²) in [5.74, 6) is 0. The van der Waals surface area contributed by atoms with E-state index in [0.717, 1.165) is 4.68 Å². The molecule has 0 saturated carbocycles. The molecule has 8 nitrogen and oxygen atoms in total. The minimum absolute atomic E-state index is 0.174. The van der Waals surface area contributed by atoms with E-state index in [-0.39, 0.29) is 5.69 Å². The van der Waals surface area contributed by atoms with Gasteiger partial charge in [-0.2, -0.15) is 18.3 Å². The zero-order chi connectivity index (χ0) is 20.9. The van der Waals surface area contributed by atoms with E-state index in [1.807, 2.05) is 0 Å². The summed E-state index contributed by atoms with van der Waals surface area (Å²) in [6, 6.07) is 4.47. The molecule has 0 fully saturated rings. The van der Waals surface area contributed by atoms with E-state index in [1.54, 1.807) is 26.8 Å². The second-order valence-electron chi connectivity index (χ2n) is 7.02. The van der Waals surface area contributed by atoms with Crippen LogP contribution in [0, 0.1) is 10.1 Å². The molecule has 2 heterocycles. The topological polar surface area (TPSA) is 92.2 Å². The van der Waals surface area contributed by atoms with Crippen molar-refractivity contribution in [1.82, 2.24) is 14.3 Å². The van der Waals surface area contributed by atoms with E-state index < -0.39 is 34.2 Å². The van der Waals surface area contributed by atoms with Crippen LogP contribution in [0.4, 0.5) is 23.7 Å². The average Bonchev–Trinajstić information content (AvgIpc) is 3.16. The van der Waals surface area contributed by atoms with Gasteiger partial charge in [-0.1, -0.05) is 6.07 Å². The maximum Gasteiger partial charge on any atom is 0.442 e. The Kier molecular flexibility index (Phi) is 4.40. The Bertz CT molecular complexity index is 1080. The van der Waals surface area contributed by atoms with Crippen molar-refractivity contribution in [2.24, 2.45) is 0 Å². The second-order valence-corrected chi connectivity index (χ2v) is 7.02. The molecule has 0 aliphatic carbocycles. The summed E-state index contributed by atoms with van der Waals surface area (Å²) in [6.07, 6.45) is -1.90. The van der Waals surface area contributed by atoms with E-state index in [1.165, 1.54) is 29.1 Å². The van der Waals surface area contributed by atoms with Gasteiger partial charge in [0.15, 0.2) is 0 Å². The molecule has 11 heteroatoms. The van der Waals surface area contributed by atoms with Gasteiger partial charge in [0.2, 0.25) is 5.69 Å². The van der Waals surface area contributed by atoms with Gasteiger partial charge in [0, 0.05) is 23.2 Å². The molecular weight excluding hydrogens is 381 g/mol. The molecule has 0 unspecified atom stereocenters. The molecule has 0 aliphatic heterocycles. The molecule has 0 N–H and O–H groups in total. The number of nitro groups is 1. The van der Waals surface area contributed by atoms with Crippen LogP contribution in [-0.2, 0) is 10.9 Å². The number of nitrogens with zero attached hydrogens (tertiary/aromatic N) is 4. The highest BCUT2D eigenvalue weighted by Crippen LogP contribution is 2.35. The predicted molar refractivity (Wildman–Crippen MR) is 92.3 cm³/mol. The summed E-state index contributed by atoms with van der Waals surface area (Å²) in [5, 5.41) is 15.4. The molecular formula is C17H15F3N4O4. The highest BCUT2D eigenvalue weighted by atomic mass is 19.4. The van der Waals surface area contributed by atoms with Crippen molar-refractivity contribution in [2.75, 3.05) is 0 Å². The van der Waals surface area contributed by atoms with Crippen LogP contribution in [0.2, 0.25) is 0 Å². The lowest BCUT2D eigenvalue weighted by atomic mass is 10.2. The Morgan fingerprint density at radius 3 is 2.32 bits per heavy atom. The number of carbonyl (C=O) groups is 1. The van der Waals surface area contributed by atoms with Gasteiger partial charge >= 0.3 is 18.0 Å². The van der Waals surface area contributed by atoms with Crippen molar-refractivity contribution in [3.05, 3.63) is 52.6 Å². The van der Waals surface area contributed by atoms with Crippen LogP contribution in [0.1, 0.15) is 26.5 Å². The Hall–Kier alpha value is -3.37. The zero-order valence-corrected chi connectivity index (χ0v) is 15.0. The monoisotopic (exact) mass is 396 g/mol. The van der Waals surface area contributed by atoms with Crippen LogP contribution in [0.15, 0.2) is 36.8 Å². The minimum atomic E-state index is -4.96. The molecule has 148 valence electrons. The van der Waals surface area contributed by atoms with Crippen molar-refractivity contribution in [3.8, 4) is 5.69 Å². The highest BCUT2D eigenvalue weighted by molar-refractivity contribution is 5.88. The maximum atomic E-state index is 13.0. The van der Waals surface area contributed by atoms with Gasteiger partial charge in [-0.3, -0.25) is 14.7 Å². The lowest BCUT2D eigenvalue weighted by Gasteiger charge is -2.19. The third-order valence-corrected chi connectivity index (χ3v) is 3.66. The van der Waals surface area contributed by atoms with E-state index in [4.69, 9.17) is 4.74 Å². The first-order chi connectivity index (χ1) is 12.8. The number of carbonyl (C=O) groups excluding carboxylic acids is 1. The summed E-state index contributed by atoms with van der Waals surface area (Å²) < 4.78 is 46.2. The summed E-state index contributed by atoms with van der Waals surface area (Å²) in [4.78, 5) is 21.9. The average molecular weight is 396 g/mol. The quantitative estimate of drug-likeness (QED) is 0.468. The smallest absolute Gasteiger partial charge is 0.442 e. The van der Waals surface area contributed by atoms with Crippen molar-refractivity contribution in [3.63, 3.8) is 0 Å². The molecule has 0 bridgehead atoms. The Balaban J connectivity index is 2.01. The van der Waals surface area contributed by atoms with Crippen LogP contribution in [0.25, 0.3) is 16.5 Å². The van der Waals surface area contributed by atoms with Crippen molar-refractivity contribution >= 4 is 22.6 Å².